The number of benzene rings is 2. The van der Waals surface area contributed by atoms with Crippen molar-refractivity contribution in [3.05, 3.63) is 77.7 Å². The number of nitro benzene ring substituents is 1. The van der Waals surface area contributed by atoms with Crippen molar-refractivity contribution < 1.29 is 24.0 Å². The van der Waals surface area contributed by atoms with Gasteiger partial charge in [-0.2, -0.15) is 0 Å². The lowest BCUT2D eigenvalue weighted by Crippen LogP contribution is -2.38. The molecule has 4 heterocycles. The standard InChI is InChI=1S/C27H23ClN4O7S2/c28-14-4-9-18(39-13-19(33)30-10-2-1-3-11-30)17(12-14)20-21-23(40-24-22(20)41-27(36)29-24)26(35)31(25(21)34)15-5-7-16(8-6-15)32(37)38/h4-9,12,20-21,23H,1-3,10-11,13H2,(H,29,36). The number of nitro groups is 1. The van der Waals surface area contributed by atoms with Gasteiger partial charge in [-0.05, 0) is 49.6 Å². The number of piperidine rings is 1. The lowest BCUT2D eigenvalue weighted by Gasteiger charge is -2.31. The Kier molecular flexibility index (Phi) is 7.34. The van der Waals surface area contributed by atoms with Gasteiger partial charge in [-0.15, -0.1) is 0 Å². The Morgan fingerprint density at radius 1 is 1.07 bits per heavy atom. The number of aromatic nitrogens is 1. The summed E-state index contributed by atoms with van der Waals surface area (Å²) in [5.74, 6) is -2.50. The first-order valence-electron chi connectivity index (χ1n) is 12.9. The van der Waals surface area contributed by atoms with Crippen molar-refractivity contribution in [2.24, 2.45) is 5.92 Å². The van der Waals surface area contributed by atoms with Crippen molar-refractivity contribution in [2.45, 2.75) is 35.5 Å². The Hall–Kier alpha value is -3.68. The van der Waals surface area contributed by atoms with Gasteiger partial charge in [-0.3, -0.25) is 29.3 Å². The molecule has 0 aliphatic carbocycles. The highest BCUT2D eigenvalue weighted by atomic mass is 35.5. The molecule has 41 heavy (non-hydrogen) atoms. The number of nitrogens with one attached hydrogen (secondary N) is 1. The molecule has 14 heteroatoms. The lowest BCUT2D eigenvalue weighted by atomic mass is 9.82. The summed E-state index contributed by atoms with van der Waals surface area (Å²) in [7, 11) is 0. The molecule has 3 aliphatic rings. The molecule has 0 saturated carbocycles. The number of hydrogen-bond acceptors (Lipinski definition) is 9. The molecule has 0 spiro atoms. The van der Waals surface area contributed by atoms with Crippen LogP contribution in [0.4, 0.5) is 11.4 Å². The topological polar surface area (TPSA) is 143 Å². The number of non-ortho nitro benzene ring substituents is 1. The van der Waals surface area contributed by atoms with Crippen LogP contribution >= 0.6 is 34.7 Å². The van der Waals surface area contributed by atoms with Gasteiger partial charge in [-0.1, -0.05) is 34.7 Å². The predicted octanol–water partition coefficient (Wildman–Crippen LogP) is 4.19. The zero-order valence-corrected chi connectivity index (χ0v) is 23.8. The second-order valence-electron chi connectivity index (χ2n) is 9.95. The summed E-state index contributed by atoms with van der Waals surface area (Å²) in [6, 6.07) is 10.1. The van der Waals surface area contributed by atoms with Gasteiger partial charge in [0.15, 0.2) is 6.61 Å². The van der Waals surface area contributed by atoms with Crippen LogP contribution in [0.2, 0.25) is 5.02 Å². The minimum atomic E-state index is -0.916. The summed E-state index contributed by atoms with van der Waals surface area (Å²) in [4.78, 5) is 69.3. The number of hydrogen-bond donors (Lipinski definition) is 1. The first-order chi connectivity index (χ1) is 19.7. The third kappa shape index (κ3) is 5.02. The number of thiazole rings is 1. The molecule has 2 saturated heterocycles. The van der Waals surface area contributed by atoms with Crippen LogP contribution in [0.25, 0.3) is 0 Å². The minimum Gasteiger partial charge on any atom is -0.483 e. The zero-order valence-electron chi connectivity index (χ0n) is 21.4. The number of fused-ring (bicyclic) bond motifs is 2. The van der Waals surface area contributed by atoms with Crippen molar-refractivity contribution in [2.75, 3.05) is 24.6 Å². The van der Waals surface area contributed by atoms with Gasteiger partial charge in [0.25, 0.3) is 11.6 Å². The van der Waals surface area contributed by atoms with Gasteiger partial charge >= 0.3 is 4.87 Å². The smallest absolute Gasteiger partial charge is 0.305 e. The number of thioether (sulfide) groups is 1. The van der Waals surface area contributed by atoms with Gasteiger partial charge in [0, 0.05) is 46.6 Å². The van der Waals surface area contributed by atoms with E-state index in [1.165, 1.54) is 24.3 Å². The zero-order chi connectivity index (χ0) is 28.8. The number of rotatable bonds is 6. The number of halogens is 1. The molecule has 212 valence electrons. The van der Waals surface area contributed by atoms with Crippen molar-refractivity contribution in [1.82, 2.24) is 9.88 Å². The largest absolute Gasteiger partial charge is 0.483 e. The maximum absolute atomic E-state index is 14.0. The van der Waals surface area contributed by atoms with Crippen molar-refractivity contribution in [1.29, 1.82) is 0 Å². The third-order valence-corrected chi connectivity index (χ3v) is 10.1. The molecule has 3 amide bonds. The Bertz CT molecular complexity index is 1620. The van der Waals surface area contributed by atoms with Crippen LogP contribution in [-0.4, -0.2) is 57.5 Å². The minimum absolute atomic E-state index is 0.147. The quantitative estimate of drug-likeness (QED) is 0.247. The second-order valence-corrected chi connectivity index (χ2v) is 12.6. The fourth-order valence-electron chi connectivity index (χ4n) is 5.60. The number of carbonyl (C=O) groups is 3. The molecule has 1 N–H and O–H groups in total. The van der Waals surface area contributed by atoms with Gasteiger partial charge in [0.2, 0.25) is 11.8 Å². The fourth-order valence-corrected chi connectivity index (χ4v) is 8.28. The molecule has 11 nitrogen and oxygen atoms in total. The van der Waals surface area contributed by atoms with Crippen LogP contribution in [0.5, 0.6) is 5.75 Å². The van der Waals surface area contributed by atoms with E-state index in [1.807, 2.05) is 0 Å². The van der Waals surface area contributed by atoms with E-state index in [1.54, 1.807) is 23.1 Å². The molecule has 0 radical (unpaired) electrons. The van der Waals surface area contributed by atoms with E-state index in [9.17, 15) is 29.3 Å². The summed E-state index contributed by atoms with van der Waals surface area (Å²) < 4.78 is 6.03. The first kappa shape index (κ1) is 27.5. The van der Waals surface area contributed by atoms with E-state index in [2.05, 4.69) is 4.98 Å². The molecule has 3 aliphatic heterocycles. The maximum Gasteiger partial charge on any atom is 0.305 e. The normalized spacial score (nSPS) is 21.9. The number of carbonyl (C=O) groups excluding carboxylic acids is 3. The highest BCUT2D eigenvalue weighted by Gasteiger charge is 2.57. The average molecular weight is 615 g/mol. The molecule has 1 aromatic heterocycles. The number of amides is 3. The number of anilines is 1. The summed E-state index contributed by atoms with van der Waals surface area (Å²) >= 11 is 8.47. The monoisotopic (exact) mass is 614 g/mol. The molecule has 3 aromatic rings. The Morgan fingerprint density at radius 3 is 2.51 bits per heavy atom. The van der Waals surface area contributed by atoms with Crippen LogP contribution in [0.1, 0.15) is 35.6 Å². The van der Waals surface area contributed by atoms with E-state index in [4.69, 9.17) is 16.3 Å². The molecule has 3 atom stereocenters. The predicted molar refractivity (Wildman–Crippen MR) is 153 cm³/mol. The number of aromatic amines is 1. The molecule has 3 unspecified atom stereocenters. The van der Waals surface area contributed by atoms with Crippen LogP contribution < -0.4 is 14.5 Å². The Balaban J connectivity index is 1.38. The van der Waals surface area contributed by atoms with Crippen LogP contribution in [0, 0.1) is 16.0 Å². The molecule has 6 rings (SSSR count). The van der Waals surface area contributed by atoms with Gasteiger partial charge < -0.3 is 14.6 Å². The van der Waals surface area contributed by atoms with E-state index in [0.717, 1.165) is 47.3 Å². The highest BCUT2D eigenvalue weighted by molar-refractivity contribution is 8.00. The molecular weight excluding hydrogens is 592 g/mol. The number of ether oxygens (including phenoxy) is 1. The molecular formula is C27H23ClN4O7S2. The number of nitrogens with zero attached hydrogens (tertiary/aromatic N) is 3. The Morgan fingerprint density at radius 2 is 1.80 bits per heavy atom. The van der Waals surface area contributed by atoms with Crippen molar-refractivity contribution >= 4 is 63.8 Å². The van der Waals surface area contributed by atoms with Crippen LogP contribution in [0.15, 0.2) is 52.3 Å². The van der Waals surface area contributed by atoms with Gasteiger partial charge in [0.1, 0.15) is 11.0 Å². The number of likely N-dealkylation sites (tertiary alicyclic amines) is 1. The molecule has 2 fully saturated rings. The number of H-pyrrole nitrogens is 1. The SMILES string of the molecule is O=C(COc1ccc(Cl)cc1C1c2sc(=O)[nH]c2SC2C(=O)N(c3ccc([N+](=O)[O-])cc3)C(=O)C21)N1CCCCC1. The molecule has 2 aromatic carbocycles. The van der Waals surface area contributed by atoms with Crippen molar-refractivity contribution in [3.8, 4) is 5.75 Å². The summed E-state index contributed by atoms with van der Waals surface area (Å²) in [6.45, 7) is 1.15. The third-order valence-electron chi connectivity index (χ3n) is 7.51. The van der Waals surface area contributed by atoms with E-state index in [-0.39, 0.29) is 28.8 Å². The fraction of sp³-hybridized carbons (Fsp3) is 0.333. The van der Waals surface area contributed by atoms with E-state index < -0.39 is 33.8 Å². The van der Waals surface area contributed by atoms with Gasteiger partial charge in [0.05, 0.1) is 21.6 Å². The summed E-state index contributed by atoms with van der Waals surface area (Å²) in [5.41, 5.74) is 0.533. The Labute approximate surface area is 246 Å². The van der Waals surface area contributed by atoms with Crippen molar-refractivity contribution in [3.63, 3.8) is 0 Å². The summed E-state index contributed by atoms with van der Waals surface area (Å²) in [5, 5.41) is 11.1. The number of imide groups is 1. The van der Waals surface area contributed by atoms with E-state index >= 15 is 0 Å². The summed E-state index contributed by atoms with van der Waals surface area (Å²) in [6.07, 6.45) is 2.97. The lowest BCUT2D eigenvalue weighted by molar-refractivity contribution is -0.384. The average Bonchev–Trinajstić information content (AvgIpc) is 3.46. The highest BCUT2D eigenvalue weighted by Crippen LogP contribution is 2.54. The van der Waals surface area contributed by atoms with E-state index in [0.29, 0.717) is 39.3 Å². The van der Waals surface area contributed by atoms with Crippen LogP contribution in [-0.2, 0) is 14.4 Å². The second kappa shape index (κ2) is 11.0. The molecule has 0 bridgehead atoms. The van der Waals surface area contributed by atoms with Crippen LogP contribution in [0.3, 0.4) is 0 Å². The first-order valence-corrected chi connectivity index (χ1v) is 15.0. The maximum atomic E-state index is 14.0. The van der Waals surface area contributed by atoms with Gasteiger partial charge in [-0.25, -0.2) is 4.90 Å².